The molecule has 78 valence electrons. The molecule has 0 aliphatic heterocycles. The third-order valence-electron chi connectivity index (χ3n) is 3.29. The number of aryl methyl sites for hydroxylation is 1. The highest BCUT2D eigenvalue weighted by atomic mass is 15.3. The quantitative estimate of drug-likeness (QED) is 0.794. The van der Waals surface area contributed by atoms with E-state index < -0.39 is 0 Å². The van der Waals surface area contributed by atoms with Crippen molar-refractivity contribution in [1.29, 1.82) is 0 Å². The van der Waals surface area contributed by atoms with Crippen LogP contribution in [0.2, 0.25) is 0 Å². The van der Waals surface area contributed by atoms with Crippen LogP contribution in [0, 0.1) is 11.8 Å². The second-order valence-electron chi connectivity index (χ2n) is 4.35. The van der Waals surface area contributed by atoms with E-state index in [-0.39, 0.29) is 6.04 Å². The first kappa shape index (κ1) is 9.71. The Labute approximate surface area is 85.3 Å². The lowest BCUT2D eigenvalue weighted by molar-refractivity contribution is 0.417. The van der Waals surface area contributed by atoms with Crippen molar-refractivity contribution < 1.29 is 0 Å². The molecule has 0 bridgehead atoms. The summed E-state index contributed by atoms with van der Waals surface area (Å²) in [4.78, 5) is 0. The molecule has 1 fully saturated rings. The van der Waals surface area contributed by atoms with Gasteiger partial charge in [-0.1, -0.05) is 6.92 Å². The van der Waals surface area contributed by atoms with Gasteiger partial charge in [0.2, 0.25) is 0 Å². The van der Waals surface area contributed by atoms with Crippen molar-refractivity contribution in [2.45, 2.75) is 39.3 Å². The zero-order valence-electron chi connectivity index (χ0n) is 8.98. The van der Waals surface area contributed by atoms with E-state index in [2.05, 4.69) is 25.1 Å². The maximum atomic E-state index is 6.19. The summed E-state index contributed by atoms with van der Waals surface area (Å²) in [6.07, 6.45) is 6.70. The van der Waals surface area contributed by atoms with Gasteiger partial charge in [-0.05, 0) is 31.6 Å². The van der Waals surface area contributed by atoms with Crippen LogP contribution in [-0.4, -0.2) is 9.78 Å². The van der Waals surface area contributed by atoms with E-state index >= 15 is 0 Å². The highest BCUT2D eigenvalue weighted by Gasteiger charge is 2.32. The fourth-order valence-corrected chi connectivity index (χ4v) is 1.94. The highest BCUT2D eigenvalue weighted by Crippen LogP contribution is 2.41. The first-order valence-electron chi connectivity index (χ1n) is 5.50. The molecule has 1 aromatic rings. The standard InChI is InChI=1S/C11H19N3/c1-3-14-7-10(6-13-14)11(12)8(2)9-4-5-9/h6-9,11H,3-5,12H2,1-2H3. The summed E-state index contributed by atoms with van der Waals surface area (Å²) >= 11 is 0. The topological polar surface area (TPSA) is 43.8 Å². The Morgan fingerprint density at radius 1 is 1.64 bits per heavy atom. The zero-order valence-corrected chi connectivity index (χ0v) is 8.98. The number of hydrogen-bond acceptors (Lipinski definition) is 2. The van der Waals surface area contributed by atoms with Crippen LogP contribution in [0.5, 0.6) is 0 Å². The molecule has 1 aliphatic carbocycles. The molecule has 1 aliphatic rings. The Morgan fingerprint density at radius 3 is 2.86 bits per heavy atom. The Hall–Kier alpha value is -0.830. The third-order valence-corrected chi connectivity index (χ3v) is 3.29. The van der Waals surface area contributed by atoms with Crippen molar-refractivity contribution in [2.24, 2.45) is 17.6 Å². The van der Waals surface area contributed by atoms with Gasteiger partial charge in [0.15, 0.2) is 0 Å². The van der Waals surface area contributed by atoms with Crippen molar-refractivity contribution >= 4 is 0 Å². The Balaban J connectivity index is 2.05. The summed E-state index contributed by atoms with van der Waals surface area (Å²) < 4.78 is 1.94. The van der Waals surface area contributed by atoms with Crippen LogP contribution in [0.15, 0.2) is 12.4 Å². The van der Waals surface area contributed by atoms with Gasteiger partial charge in [0.1, 0.15) is 0 Å². The highest BCUT2D eigenvalue weighted by molar-refractivity contribution is 5.11. The zero-order chi connectivity index (χ0) is 10.1. The second kappa shape index (κ2) is 3.73. The molecule has 1 heterocycles. The lowest BCUT2D eigenvalue weighted by atomic mass is 9.93. The Morgan fingerprint density at radius 2 is 2.36 bits per heavy atom. The molecule has 0 radical (unpaired) electrons. The predicted octanol–water partition coefficient (Wildman–Crippen LogP) is 1.95. The van der Waals surface area contributed by atoms with Crippen molar-refractivity contribution in [3.63, 3.8) is 0 Å². The van der Waals surface area contributed by atoms with Crippen molar-refractivity contribution in [2.75, 3.05) is 0 Å². The van der Waals surface area contributed by atoms with E-state index in [0.717, 1.165) is 12.5 Å². The lowest BCUT2D eigenvalue weighted by Crippen LogP contribution is -2.20. The molecule has 3 heteroatoms. The summed E-state index contributed by atoms with van der Waals surface area (Å²) in [5.41, 5.74) is 7.38. The number of hydrogen-bond donors (Lipinski definition) is 1. The van der Waals surface area contributed by atoms with E-state index in [4.69, 9.17) is 5.73 Å². The monoisotopic (exact) mass is 193 g/mol. The second-order valence-corrected chi connectivity index (χ2v) is 4.35. The number of nitrogens with zero attached hydrogens (tertiary/aromatic N) is 2. The molecule has 3 nitrogen and oxygen atoms in total. The third kappa shape index (κ3) is 1.82. The minimum Gasteiger partial charge on any atom is -0.324 e. The van der Waals surface area contributed by atoms with Gasteiger partial charge < -0.3 is 5.73 Å². The largest absolute Gasteiger partial charge is 0.324 e. The average Bonchev–Trinajstić information content (AvgIpc) is 2.94. The first-order chi connectivity index (χ1) is 6.72. The summed E-state index contributed by atoms with van der Waals surface area (Å²) in [7, 11) is 0. The molecule has 0 spiro atoms. The molecule has 2 unspecified atom stereocenters. The van der Waals surface area contributed by atoms with Crippen LogP contribution in [0.25, 0.3) is 0 Å². The minimum absolute atomic E-state index is 0.169. The molecule has 1 aromatic heterocycles. The maximum absolute atomic E-state index is 6.19. The van der Waals surface area contributed by atoms with Gasteiger partial charge in [0, 0.05) is 24.3 Å². The van der Waals surface area contributed by atoms with Gasteiger partial charge in [-0.15, -0.1) is 0 Å². The van der Waals surface area contributed by atoms with Gasteiger partial charge in [0.05, 0.1) is 6.20 Å². The van der Waals surface area contributed by atoms with Crippen molar-refractivity contribution in [1.82, 2.24) is 9.78 Å². The first-order valence-corrected chi connectivity index (χ1v) is 5.50. The van der Waals surface area contributed by atoms with Gasteiger partial charge in [0.25, 0.3) is 0 Å². The van der Waals surface area contributed by atoms with E-state index in [1.807, 2.05) is 10.9 Å². The number of aromatic nitrogens is 2. The van der Waals surface area contributed by atoms with Gasteiger partial charge in [-0.3, -0.25) is 4.68 Å². The van der Waals surface area contributed by atoms with Crippen LogP contribution < -0.4 is 5.73 Å². The molecule has 14 heavy (non-hydrogen) atoms. The van der Waals surface area contributed by atoms with Crippen LogP contribution in [0.4, 0.5) is 0 Å². The molecule has 2 N–H and O–H groups in total. The Kier molecular flexibility index (Phi) is 2.59. The number of nitrogens with two attached hydrogens (primary N) is 1. The smallest absolute Gasteiger partial charge is 0.0537 e. The van der Waals surface area contributed by atoms with Crippen LogP contribution in [-0.2, 0) is 6.54 Å². The molecule has 0 amide bonds. The molecule has 2 atom stereocenters. The number of rotatable bonds is 4. The lowest BCUT2D eigenvalue weighted by Gasteiger charge is -2.17. The summed E-state index contributed by atoms with van der Waals surface area (Å²) in [5, 5.41) is 4.25. The molecular formula is C11H19N3. The van der Waals surface area contributed by atoms with Crippen LogP contribution in [0.3, 0.4) is 0 Å². The molecule has 0 aromatic carbocycles. The van der Waals surface area contributed by atoms with Gasteiger partial charge in [-0.25, -0.2) is 0 Å². The summed E-state index contributed by atoms with van der Waals surface area (Å²) in [6.45, 7) is 5.27. The fourth-order valence-electron chi connectivity index (χ4n) is 1.94. The average molecular weight is 193 g/mol. The molecule has 0 saturated heterocycles. The fraction of sp³-hybridized carbons (Fsp3) is 0.727. The van der Waals surface area contributed by atoms with E-state index in [0.29, 0.717) is 5.92 Å². The molecular weight excluding hydrogens is 174 g/mol. The van der Waals surface area contributed by atoms with Crippen molar-refractivity contribution in [3.05, 3.63) is 18.0 Å². The normalized spacial score (nSPS) is 20.8. The van der Waals surface area contributed by atoms with Crippen LogP contribution >= 0.6 is 0 Å². The van der Waals surface area contributed by atoms with Crippen molar-refractivity contribution in [3.8, 4) is 0 Å². The van der Waals surface area contributed by atoms with Crippen LogP contribution in [0.1, 0.15) is 38.3 Å². The van der Waals surface area contributed by atoms with E-state index in [1.54, 1.807) is 0 Å². The molecule has 1 saturated carbocycles. The van der Waals surface area contributed by atoms with E-state index in [1.165, 1.54) is 18.4 Å². The van der Waals surface area contributed by atoms with Gasteiger partial charge >= 0.3 is 0 Å². The summed E-state index contributed by atoms with van der Waals surface area (Å²) in [5.74, 6) is 1.46. The van der Waals surface area contributed by atoms with Gasteiger partial charge in [-0.2, -0.15) is 5.10 Å². The Bertz CT molecular complexity index is 301. The molecule has 2 rings (SSSR count). The SMILES string of the molecule is CCn1cc(C(N)C(C)C2CC2)cn1. The minimum atomic E-state index is 0.169. The van der Waals surface area contributed by atoms with E-state index in [9.17, 15) is 0 Å². The maximum Gasteiger partial charge on any atom is 0.0537 e. The predicted molar refractivity (Wildman–Crippen MR) is 56.7 cm³/mol. The summed E-state index contributed by atoms with van der Waals surface area (Å²) in [6, 6.07) is 0.169.